The Balaban J connectivity index is 2.06. The van der Waals surface area contributed by atoms with Crippen molar-refractivity contribution in [1.29, 1.82) is 0 Å². The summed E-state index contributed by atoms with van der Waals surface area (Å²) in [5.41, 5.74) is 1.08. The lowest BCUT2D eigenvalue weighted by Crippen LogP contribution is -2.04. The van der Waals surface area contributed by atoms with E-state index in [9.17, 15) is 9.18 Å². The van der Waals surface area contributed by atoms with Crippen LogP contribution in [0.5, 0.6) is 0 Å². The zero-order valence-corrected chi connectivity index (χ0v) is 10.4. The standard InChI is InChI=1S/C12H11FN2O2S/c1-7-15-9(6-18-7)5-14-8-2-3-10(12(16)17)11(13)4-8/h2-4,6,14H,5H2,1H3,(H,16,17). The Bertz CT molecular complexity index is 583. The average Bonchev–Trinajstić information content (AvgIpc) is 2.72. The lowest BCUT2D eigenvalue weighted by molar-refractivity contribution is 0.0692. The molecule has 0 amide bonds. The van der Waals surface area contributed by atoms with Gasteiger partial charge in [0, 0.05) is 11.1 Å². The van der Waals surface area contributed by atoms with E-state index in [1.807, 2.05) is 12.3 Å². The van der Waals surface area contributed by atoms with Gasteiger partial charge in [0.2, 0.25) is 0 Å². The summed E-state index contributed by atoms with van der Waals surface area (Å²) in [5, 5.41) is 14.6. The SMILES string of the molecule is Cc1nc(CNc2ccc(C(=O)O)c(F)c2)cs1. The van der Waals surface area contributed by atoms with Gasteiger partial charge in [0.15, 0.2) is 0 Å². The Labute approximate surface area is 107 Å². The molecule has 0 aliphatic rings. The zero-order chi connectivity index (χ0) is 13.1. The molecule has 1 aromatic carbocycles. The minimum Gasteiger partial charge on any atom is -0.478 e. The summed E-state index contributed by atoms with van der Waals surface area (Å²) in [6.07, 6.45) is 0. The number of anilines is 1. The van der Waals surface area contributed by atoms with Gasteiger partial charge in [-0.1, -0.05) is 0 Å². The summed E-state index contributed by atoms with van der Waals surface area (Å²) in [7, 11) is 0. The Morgan fingerprint density at radius 1 is 1.56 bits per heavy atom. The van der Waals surface area contributed by atoms with E-state index in [1.54, 1.807) is 11.3 Å². The molecule has 0 atom stereocenters. The number of aromatic nitrogens is 1. The van der Waals surface area contributed by atoms with Crippen LogP contribution in [-0.4, -0.2) is 16.1 Å². The Kier molecular flexibility index (Phi) is 3.57. The van der Waals surface area contributed by atoms with E-state index in [4.69, 9.17) is 5.11 Å². The van der Waals surface area contributed by atoms with Crippen LogP contribution in [0.3, 0.4) is 0 Å². The molecule has 94 valence electrons. The first-order valence-corrected chi connectivity index (χ1v) is 6.12. The maximum absolute atomic E-state index is 13.4. The fourth-order valence-electron chi connectivity index (χ4n) is 1.48. The number of hydrogen-bond donors (Lipinski definition) is 2. The third-order valence-electron chi connectivity index (χ3n) is 2.34. The van der Waals surface area contributed by atoms with Gasteiger partial charge in [-0.15, -0.1) is 11.3 Å². The van der Waals surface area contributed by atoms with E-state index < -0.39 is 11.8 Å². The van der Waals surface area contributed by atoms with Crippen molar-refractivity contribution in [3.63, 3.8) is 0 Å². The number of rotatable bonds is 4. The van der Waals surface area contributed by atoms with Gasteiger partial charge in [0.1, 0.15) is 5.82 Å². The van der Waals surface area contributed by atoms with Gasteiger partial charge in [-0.3, -0.25) is 0 Å². The summed E-state index contributed by atoms with van der Waals surface area (Å²) in [6, 6.07) is 3.95. The zero-order valence-electron chi connectivity index (χ0n) is 9.61. The molecule has 18 heavy (non-hydrogen) atoms. The summed E-state index contributed by atoms with van der Waals surface area (Å²) >= 11 is 1.55. The van der Waals surface area contributed by atoms with Crippen molar-refractivity contribution < 1.29 is 14.3 Å². The number of carboxylic acids is 1. The predicted octanol–water partition coefficient (Wildman–Crippen LogP) is 2.90. The highest BCUT2D eigenvalue weighted by molar-refractivity contribution is 7.09. The number of aryl methyl sites for hydroxylation is 1. The van der Waals surface area contributed by atoms with Crippen LogP contribution in [0.25, 0.3) is 0 Å². The number of aromatic carboxylic acids is 1. The largest absolute Gasteiger partial charge is 0.478 e. The lowest BCUT2D eigenvalue weighted by Gasteiger charge is -2.05. The third kappa shape index (κ3) is 2.84. The van der Waals surface area contributed by atoms with Crippen LogP contribution in [0.2, 0.25) is 0 Å². The van der Waals surface area contributed by atoms with Crippen LogP contribution in [0.1, 0.15) is 21.1 Å². The second-order valence-corrected chi connectivity index (χ2v) is 4.77. The number of hydrogen-bond acceptors (Lipinski definition) is 4. The molecule has 1 heterocycles. The number of carboxylic acid groups (broad SMARTS) is 1. The summed E-state index contributed by atoms with van der Waals surface area (Å²) < 4.78 is 13.4. The van der Waals surface area contributed by atoms with E-state index in [1.165, 1.54) is 18.2 Å². The average molecular weight is 266 g/mol. The molecule has 4 nitrogen and oxygen atoms in total. The first-order chi connectivity index (χ1) is 8.56. The summed E-state index contributed by atoms with van der Waals surface area (Å²) in [6.45, 7) is 2.39. The van der Waals surface area contributed by atoms with Crippen molar-refractivity contribution in [2.24, 2.45) is 0 Å². The van der Waals surface area contributed by atoms with Crippen LogP contribution in [-0.2, 0) is 6.54 Å². The van der Waals surface area contributed by atoms with E-state index >= 15 is 0 Å². The Morgan fingerprint density at radius 3 is 2.89 bits per heavy atom. The second kappa shape index (κ2) is 5.14. The monoisotopic (exact) mass is 266 g/mol. The summed E-state index contributed by atoms with van der Waals surface area (Å²) in [4.78, 5) is 14.9. The van der Waals surface area contributed by atoms with Crippen molar-refractivity contribution in [1.82, 2.24) is 4.98 Å². The lowest BCUT2D eigenvalue weighted by atomic mass is 10.2. The van der Waals surface area contributed by atoms with E-state index in [0.29, 0.717) is 12.2 Å². The molecule has 2 rings (SSSR count). The number of halogens is 1. The molecule has 1 aromatic heterocycles. The molecule has 0 bridgehead atoms. The number of thiazole rings is 1. The van der Waals surface area contributed by atoms with Gasteiger partial charge in [0.05, 0.1) is 22.8 Å². The fraction of sp³-hybridized carbons (Fsp3) is 0.167. The molecule has 0 spiro atoms. The highest BCUT2D eigenvalue weighted by Gasteiger charge is 2.10. The van der Waals surface area contributed by atoms with Crippen LogP contribution < -0.4 is 5.32 Å². The quantitative estimate of drug-likeness (QED) is 0.893. The first-order valence-electron chi connectivity index (χ1n) is 5.24. The topological polar surface area (TPSA) is 62.2 Å². The van der Waals surface area contributed by atoms with E-state index in [-0.39, 0.29) is 5.56 Å². The van der Waals surface area contributed by atoms with Gasteiger partial charge in [-0.05, 0) is 25.1 Å². The van der Waals surface area contributed by atoms with Crippen molar-refractivity contribution in [3.05, 3.63) is 45.7 Å². The maximum Gasteiger partial charge on any atom is 0.338 e. The highest BCUT2D eigenvalue weighted by atomic mass is 32.1. The molecule has 0 saturated carbocycles. The van der Waals surface area contributed by atoms with Crippen LogP contribution in [0.4, 0.5) is 10.1 Å². The molecule has 0 unspecified atom stereocenters. The number of nitrogens with zero attached hydrogens (tertiary/aromatic N) is 1. The molecule has 0 saturated heterocycles. The molecule has 6 heteroatoms. The van der Waals surface area contributed by atoms with Crippen LogP contribution in [0.15, 0.2) is 23.6 Å². The molecular formula is C12H11FN2O2S. The number of benzene rings is 1. The molecule has 2 aromatic rings. The minimum absolute atomic E-state index is 0.329. The maximum atomic E-state index is 13.4. The van der Waals surface area contributed by atoms with Crippen molar-refractivity contribution >= 4 is 23.0 Å². The Hall–Kier alpha value is -1.95. The smallest absolute Gasteiger partial charge is 0.338 e. The van der Waals surface area contributed by atoms with E-state index in [0.717, 1.165) is 10.7 Å². The third-order valence-corrected chi connectivity index (χ3v) is 3.16. The minimum atomic E-state index is -1.27. The molecule has 0 fully saturated rings. The molecule has 0 aliphatic carbocycles. The van der Waals surface area contributed by atoms with Gasteiger partial charge < -0.3 is 10.4 Å². The van der Waals surface area contributed by atoms with Crippen molar-refractivity contribution in [2.75, 3.05) is 5.32 Å². The van der Waals surface area contributed by atoms with Gasteiger partial charge in [0.25, 0.3) is 0 Å². The molecule has 0 radical (unpaired) electrons. The van der Waals surface area contributed by atoms with Crippen molar-refractivity contribution in [3.8, 4) is 0 Å². The number of nitrogens with one attached hydrogen (secondary N) is 1. The predicted molar refractivity (Wildman–Crippen MR) is 67.5 cm³/mol. The van der Waals surface area contributed by atoms with Gasteiger partial charge >= 0.3 is 5.97 Å². The Morgan fingerprint density at radius 2 is 2.33 bits per heavy atom. The molecule has 0 aliphatic heterocycles. The van der Waals surface area contributed by atoms with Crippen LogP contribution in [0, 0.1) is 12.7 Å². The highest BCUT2D eigenvalue weighted by Crippen LogP contribution is 2.16. The first kappa shape index (κ1) is 12.5. The molecular weight excluding hydrogens is 255 g/mol. The van der Waals surface area contributed by atoms with Crippen LogP contribution >= 0.6 is 11.3 Å². The fourth-order valence-corrected chi connectivity index (χ4v) is 2.09. The second-order valence-electron chi connectivity index (χ2n) is 3.71. The van der Waals surface area contributed by atoms with Gasteiger partial charge in [-0.25, -0.2) is 14.2 Å². The van der Waals surface area contributed by atoms with E-state index in [2.05, 4.69) is 10.3 Å². The number of carbonyl (C=O) groups is 1. The van der Waals surface area contributed by atoms with Gasteiger partial charge in [-0.2, -0.15) is 0 Å². The normalized spacial score (nSPS) is 10.3. The summed E-state index contributed by atoms with van der Waals surface area (Å²) in [5.74, 6) is -2.02. The molecule has 2 N–H and O–H groups in total. The van der Waals surface area contributed by atoms with Crippen molar-refractivity contribution in [2.45, 2.75) is 13.5 Å².